The number of rotatable bonds is 40. The molecular weight excluding hydrogens is 856 g/mol. The van der Waals surface area contributed by atoms with Crippen molar-refractivity contribution < 1.29 is 67.9 Å². The fourth-order valence-corrected chi connectivity index (χ4v) is 8.01. The van der Waals surface area contributed by atoms with E-state index >= 15 is 0 Å². The molecule has 0 spiro atoms. The monoisotopic (exact) mass is 941 g/mol. The summed E-state index contributed by atoms with van der Waals surface area (Å²) in [6, 6.07) is 0. The molecule has 1 saturated carbocycles. The molecule has 3 unspecified atom stereocenters. The van der Waals surface area contributed by atoms with Gasteiger partial charge in [0.2, 0.25) is 0 Å². The molecule has 14 nitrogen and oxygen atoms in total. The van der Waals surface area contributed by atoms with Crippen molar-refractivity contribution >= 4 is 25.5 Å². The van der Waals surface area contributed by atoms with Gasteiger partial charge in [-0.1, -0.05) is 146 Å². The van der Waals surface area contributed by atoms with E-state index in [2.05, 4.69) is 56.4 Å². The highest BCUT2D eigenvalue weighted by molar-refractivity contribution is 7.47. The van der Waals surface area contributed by atoms with Crippen LogP contribution in [0, 0.1) is 0 Å². The molecule has 0 saturated heterocycles. The number of phosphoric acid groups is 1. The van der Waals surface area contributed by atoms with Crippen LogP contribution in [0.15, 0.2) is 60.8 Å². The van der Waals surface area contributed by atoms with Gasteiger partial charge in [-0.2, -0.15) is 0 Å². The Morgan fingerprint density at radius 1 is 0.523 bits per heavy atom. The highest BCUT2D eigenvalue weighted by atomic mass is 31.2. The van der Waals surface area contributed by atoms with Gasteiger partial charge in [0, 0.05) is 19.3 Å². The highest BCUT2D eigenvalue weighted by Gasteiger charge is 2.51. The molecule has 0 aliphatic heterocycles. The zero-order chi connectivity index (χ0) is 48.0. The summed E-state index contributed by atoms with van der Waals surface area (Å²) >= 11 is 0. The predicted octanol–water partition coefficient (Wildman–Crippen LogP) is 9.29. The fraction of sp³-hybridized carbons (Fsp3) is 0.740. The number of carbonyl (C=O) groups excluding carboxylic acids is 3. The molecule has 6 N–H and O–H groups in total. The molecule has 1 rings (SSSR count). The van der Waals surface area contributed by atoms with Crippen LogP contribution >= 0.6 is 7.82 Å². The van der Waals surface area contributed by atoms with Gasteiger partial charge in [0.15, 0.2) is 11.9 Å². The number of ketones is 1. The van der Waals surface area contributed by atoms with Crippen LogP contribution in [0.5, 0.6) is 0 Å². The van der Waals surface area contributed by atoms with Gasteiger partial charge < -0.3 is 39.9 Å². The summed E-state index contributed by atoms with van der Waals surface area (Å²) in [5.74, 6) is -1.13. The van der Waals surface area contributed by atoms with Crippen LogP contribution in [0.1, 0.15) is 181 Å². The first-order chi connectivity index (χ1) is 31.3. The van der Waals surface area contributed by atoms with E-state index in [9.17, 15) is 49.4 Å². The van der Waals surface area contributed by atoms with Crippen molar-refractivity contribution in [3.05, 3.63) is 60.8 Å². The van der Waals surface area contributed by atoms with Gasteiger partial charge >= 0.3 is 19.8 Å². The molecule has 0 amide bonds. The highest BCUT2D eigenvalue weighted by Crippen LogP contribution is 2.47. The van der Waals surface area contributed by atoms with Crippen LogP contribution in [-0.2, 0) is 37.5 Å². The van der Waals surface area contributed by atoms with Crippen LogP contribution < -0.4 is 0 Å². The standard InChI is InChI=1S/C50H85O14P/c1-3-5-7-9-11-12-13-14-15-16-17-18-19-20-21-22-23-25-29-34-38-44(53)63-42(40-62-65(59,60)64-50-48(57)46(55)45(54)47(56)49(50)58)39-61-43(52)37-33-30-26-28-32-36-41(51)35-31-27-24-10-8-6-4-2/h12-13,15-16,18-19,24,27,31,35,42,45-50,54-58H,3-11,14,17,20-23,25-26,28-30,32-34,36-40H2,1-2H3,(H,59,60)/b13-12-,16-15-,19-18-,27-24-,35-31+/t42-,45?,46-,47+,48-,49-,50?/m1/s1. The molecule has 1 fully saturated rings. The van der Waals surface area contributed by atoms with Gasteiger partial charge in [-0.25, -0.2) is 4.57 Å². The van der Waals surface area contributed by atoms with E-state index in [0.717, 1.165) is 96.3 Å². The third-order valence-electron chi connectivity index (χ3n) is 11.1. The van der Waals surface area contributed by atoms with Crippen molar-refractivity contribution in [2.75, 3.05) is 13.2 Å². The summed E-state index contributed by atoms with van der Waals surface area (Å²) in [4.78, 5) is 47.8. The molecule has 0 aromatic heterocycles. The van der Waals surface area contributed by atoms with E-state index in [-0.39, 0.29) is 18.6 Å². The third kappa shape index (κ3) is 31.8. The van der Waals surface area contributed by atoms with Gasteiger partial charge in [-0.3, -0.25) is 23.4 Å². The zero-order valence-corrected chi connectivity index (χ0v) is 40.4. The van der Waals surface area contributed by atoms with Crippen molar-refractivity contribution in [2.24, 2.45) is 0 Å². The number of phosphoric ester groups is 1. The quantitative estimate of drug-likeness (QED) is 0.00841. The van der Waals surface area contributed by atoms with Crippen molar-refractivity contribution in [1.29, 1.82) is 0 Å². The SMILES string of the molecule is CCCCC/C=C\C=C\C(=O)CCCCCCCC(=O)OC[C@H](COP(=O)(O)OC1[C@H](O)[C@H](O)C(O)[C@H](O)[C@H]1O)OC(=O)CCCCCCCC/C=C\C/C=C\C/C=C\CCCCCC. The lowest BCUT2D eigenvalue weighted by atomic mass is 9.85. The molecule has 374 valence electrons. The molecule has 65 heavy (non-hydrogen) atoms. The molecule has 0 aromatic rings. The first-order valence-corrected chi connectivity index (χ1v) is 26.0. The van der Waals surface area contributed by atoms with Crippen molar-refractivity contribution in [3.8, 4) is 0 Å². The topological polar surface area (TPSA) is 227 Å². The maximum absolute atomic E-state index is 12.8. The Balaban J connectivity index is 2.48. The average Bonchev–Trinajstić information content (AvgIpc) is 3.28. The lowest BCUT2D eigenvalue weighted by Gasteiger charge is -2.41. The lowest BCUT2D eigenvalue weighted by molar-refractivity contribution is -0.220. The number of aliphatic hydroxyl groups is 5. The van der Waals surface area contributed by atoms with Crippen molar-refractivity contribution in [3.63, 3.8) is 0 Å². The summed E-state index contributed by atoms with van der Waals surface area (Å²) in [6.07, 6.45) is 30.8. The molecule has 1 aliphatic carbocycles. The summed E-state index contributed by atoms with van der Waals surface area (Å²) in [5, 5.41) is 50.2. The molecule has 0 bridgehead atoms. The Bertz CT molecular complexity index is 1430. The first kappa shape index (κ1) is 60.2. The molecule has 0 heterocycles. The lowest BCUT2D eigenvalue weighted by Crippen LogP contribution is -2.64. The minimum atomic E-state index is -5.15. The number of esters is 2. The Morgan fingerprint density at radius 3 is 1.55 bits per heavy atom. The van der Waals surface area contributed by atoms with E-state index in [0.29, 0.717) is 19.3 Å². The first-order valence-electron chi connectivity index (χ1n) is 24.5. The van der Waals surface area contributed by atoms with Gasteiger partial charge in [-0.15, -0.1) is 0 Å². The van der Waals surface area contributed by atoms with E-state index in [1.54, 1.807) is 12.2 Å². The number of carbonyl (C=O) groups is 3. The second-order valence-electron chi connectivity index (χ2n) is 17.0. The van der Waals surface area contributed by atoms with Crippen LogP contribution in [0.2, 0.25) is 0 Å². The Hall–Kier alpha value is -2.78. The summed E-state index contributed by atoms with van der Waals surface area (Å²) in [5.41, 5.74) is 0. The van der Waals surface area contributed by atoms with Crippen LogP contribution in [-0.4, -0.2) is 104 Å². The Morgan fingerprint density at radius 2 is 0.969 bits per heavy atom. The smallest absolute Gasteiger partial charge is 0.462 e. The Kier molecular flexibility index (Phi) is 36.4. The Labute approximate surface area is 389 Å². The molecule has 1 aliphatic rings. The summed E-state index contributed by atoms with van der Waals surface area (Å²) < 4.78 is 33.5. The number of aliphatic hydroxyl groups excluding tert-OH is 5. The fourth-order valence-electron chi connectivity index (χ4n) is 7.04. The van der Waals surface area contributed by atoms with Crippen molar-refractivity contribution in [2.45, 2.75) is 224 Å². The van der Waals surface area contributed by atoms with E-state index < -0.39 is 75.7 Å². The number of unbranched alkanes of at least 4 members (excludes halogenated alkanes) is 17. The third-order valence-corrected chi connectivity index (χ3v) is 12.0. The maximum atomic E-state index is 12.8. The predicted molar refractivity (Wildman–Crippen MR) is 254 cm³/mol. The van der Waals surface area contributed by atoms with Gasteiger partial charge in [-0.05, 0) is 76.7 Å². The normalized spacial score (nSPS) is 21.8. The van der Waals surface area contributed by atoms with Gasteiger partial charge in [0.05, 0.1) is 6.61 Å². The summed E-state index contributed by atoms with van der Waals surface area (Å²) in [6.45, 7) is 3.12. The number of hydrogen-bond donors (Lipinski definition) is 6. The van der Waals surface area contributed by atoms with E-state index in [1.807, 2.05) is 6.08 Å². The zero-order valence-electron chi connectivity index (χ0n) is 39.5. The molecule has 0 aromatic carbocycles. The number of ether oxygens (including phenoxy) is 2. The van der Waals surface area contributed by atoms with Crippen LogP contribution in [0.3, 0.4) is 0 Å². The second kappa shape index (κ2) is 39.2. The minimum Gasteiger partial charge on any atom is -0.462 e. The van der Waals surface area contributed by atoms with Crippen molar-refractivity contribution in [1.82, 2.24) is 0 Å². The second-order valence-corrected chi connectivity index (χ2v) is 18.4. The van der Waals surface area contributed by atoms with E-state index in [4.69, 9.17) is 18.5 Å². The minimum absolute atomic E-state index is 0.0549. The summed E-state index contributed by atoms with van der Waals surface area (Å²) in [7, 11) is -5.15. The number of allylic oxidation sites excluding steroid dienone is 10. The number of hydrogen-bond acceptors (Lipinski definition) is 13. The van der Waals surface area contributed by atoms with Crippen LogP contribution in [0.4, 0.5) is 0 Å². The molecule has 0 radical (unpaired) electrons. The maximum Gasteiger partial charge on any atom is 0.472 e. The van der Waals surface area contributed by atoms with Gasteiger partial charge in [0.1, 0.15) is 43.2 Å². The average molecular weight is 941 g/mol. The van der Waals surface area contributed by atoms with E-state index in [1.165, 1.54) is 38.5 Å². The largest absolute Gasteiger partial charge is 0.472 e. The molecule has 8 atom stereocenters. The molecular formula is C50H85O14P. The molecule has 15 heteroatoms. The van der Waals surface area contributed by atoms with Crippen LogP contribution in [0.25, 0.3) is 0 Å². The van der Waals surface area contributed by atoms with Gasteiger partial charge in [0.25, 0.3) is 0 Å².